The van der Waals surface area contributed by atoms with Gasteiger partial charge in [0, 0.05) is 37.0 Å². The Morgan fingerprint density at radius 1 is 1.34 bits per heavy atom. The van der Waals surface area contributed by atoms with Crippen molar-refractivity contribution < 1.29 is 27.5 Å². The van der Waals surface area contributed by atoms with Gasteiger partial charge in [0.1, 0.15) is 11.7 Å². The third-order valence-corrected chi connectivity index (χ3v) is 8.19. The summed E-state index contributed by atoms with van der Waals surface area (Å²) >= 11 is 7.27. The number of halogens is 1. The molecule has 2 aliphatic rings. The number of hydrogen-bond acceptors (Lipinski definition) is 7. The summed E-state index contributed by atoms with van der Waals surface area (Å²) < 4.78 is 39.1. The lowest BCUT2D eigenvalue weighted by Gasteiger charge is -2.34. The first-order valence-corrected chi connectivity index (χ1v) is 13.3. The summed E-state index contributed by atoms with van der Waals surface area (Å²) in [5, 5.41) is 0. The van der Waals surface area contributed by atoms with E-state index in [-0.39, 0.29) is 36.4 Å². The molecule has 178 valence electrons. The molecular weight excluding hydrogens is 478 g/mol. The van der Waals surface area contributed by atoms with Crippen molar-refractivity contribution >= 4 is 44.8 Å². The second kappa shape index (κ2) is 11.0. The zero-order valence-corrected chi connectivity index (χ0v) is 20.5. The maximum Gasteiger partial charge on any atom is 0.271 e. The molecule has 1 unspecified atom stereocenters. The van der Waals surface area contributed by atoms with E-state index in [1.165, 1.54) is 22.3 Å². The Morgan fingerprint density at radius 2 is 2.06 bits per heavy atom. The third-order valence-electron chi connectivity index (χ3n) is 5.26. The molecule has 0 spiro atoms. The van der Waals surface area contributed by atoms with Crippen LogP contribution in [0.1, 0.15) is 24.6 Å². The van der Waals surface area contributed by atoms with Crippen LogP contribution in [0.3, 0.4) is 0 Å². The third kappa shape index (κ3) is 6.22. The summed E-state index contributed by atoms with van der Waals surface area (Å²) in [4.78, 5) is 29.9. The predicted molar refractivity (Wildman–Crippen MR) is 122 cm³/mol. The van der Waals surface area contributed by atoms with E-state index in [0.29, 0.717) is 37.2 Å². The van der Waals surface area contributed by atoms with Crippen LogP contribution in [-0.2, 0) is 29.1 Å². The molecule has 0 radical (unpaired) electrons. The summed E-state index contributed by atoms with van der Waals surface area (Å²) in [6, 6.07) is 2.69. The van der Waals surface area contributed by atoms with E-state index in [9.17, 15) is 18.0 Å². The highest BCUT2D eigenvalue weighted by atomic mass is 35.5. The number of carbonyl (C=O) groups is 2. The highest BCUT2D eigenvalue weighted by Crippen LogP contribution is 2.29. The average molecular weight is 506 g/mol. The molecule has 3 rings (SSSR count). The van der Waals surface area contributed by atoms with Gasteiger partial charge in [0.15, 0.2) is 0 Å². The number of hydrogen-bond donors (Lipinski definition) is 1. The fourth-order valence-corrected chi connectivity index (χ4v) is 6.25. The van der Waals surface area contributed by atoms with Crippen LogP contribution in [0.25, 0.3) is 0 Å². The largest absolute Gasteiger partial charge is 0.379 e. The van der Waals surface area contributed by atoms with E-state index in [4.69, 9.17) is 21.1 Å². The quantitative estimate of drug-likeness (QED) is 0.515. The van der Waals surface area contributed by atoms with Crippen molar-refractivity contribution in [1.82, 2.24) is 14.5 Å². The lowest BCUT2D eigenvalue weighted by molar-refractivity contribution is -0.148. The van der Waals surface area contributed by atoms with Gasteiger partial charge in [0.25, 0.3) is 5.91 Å². The molecule has 1 fully saturated rings. The second-order valence-electron chi connectivity index (χ2n) is 7.61. The normalized spacial score (nSPS) is 19.1. The Balaban J connectivity index is 1.65. The number of amides is 2. The summed E-state index contributed by atoms with van der Waals surface area (Å²) in [5.41, 5.74) is -0.0438. The highest BCUT2D eigenvalue weighted by Gasteiger charge is 2.38. The fraction of sp³-hybridized carbons (Fsp3) is 0.600. The van der Waals surface area contributed by atoms with E-state index in [1.54, 1.807) is 24.0 Å². The Hall–Kier alpha value is -1.66. The van der Waals surface area contributed by atoms with Gasteiger partial charge in [-0.15, -0.1) is 11.3 Å². The monoisotopic (exact) mass is 505 g/mol. The predicted octanol–water partition coefficient (Wildman–Crippen LogP) is 1.41. The molecule has 2 atom stereocenters. The molecule has 9 nitrogen and oxygen atoms in total. The fourth-order valence-electron chi connectivity index (χ4n) is 3.60. The Kier molecular flexibility index (Phi) is 8.56. The maximum absolute atomic E-state index is 13.1. The first-order chi connectivity index (χ1) is 15.2. The van der Waals surface area contributed by atoms with Gasteiger partial charge < -0.3 is 19.3 Å². The molecule has 3 heterocycles. The molecular formula is C20H28ClN3O6S2. The van der Waals surface area contributed by atoms with Crippen LogP contribution in [0.4, 0.5) is 0 Å². The van der Waals surface area contributed by atoms with Gasteiger partial charge in [-0.1, -0.05) is 18.5 Å². The molecule has 32 heavy (non-hydrogen) atoms. The molecule has 1 N–H and O–H groups in total. The SMILES string of the molecule is CCOC[C@@H](C(=O)N1CCOCC1)N1CC=C(NS(=O)(=O)CC(C)c2ccc(Cl)s2)C1=O. The molecule has 12 heteroatoms. The molecule has 0 aliphatic carbocycles. The van der Waals surface area contributed by atoms with Gasteiger partial charge in [0.05, 0.1) is 29.9 Å². The van der Waals surface area contributed by atoms with Gasteiger partial charge in [-0.2, -0.15) is 0 Å². The number of carbonyl (C=O) groups excluding carboxylic acids is 2. The van der Waals surface area contributed by atoms with E-state index in [2.05, 4.69) is 4.72 Å². The maximum atomic E-state index is 13.1. The Labute approximate surface area is 197 Å². The number of nitrogens with zero attached hydrogens (tertiary/aromatic N) is 2. The number of thiophene rings is 1. The minimum atomic E-state index is -3.79. The van der Waals surface area contributed by atoms with Gasteiger partial charge in [-0.25, -0.2) is 8.42 Å². The van der Waals surface area contributed by atoms with Gasteiger partial charge >= 0.3 is 0 Å². The smallest absolute Gasteiger partial charge is 0.271 e. The first-order valence-electron chi connectivity index (χ1n) is 10.4. The van der Waals surface area contributed by atoms with Crippen molar-refractivity contribution in [1.29, 1.82) is 0 Å². The minimum absolute atomic E-state index is 0.0438. The van der Waals surface area contributed by atoms with Crippen molar-refractivity contribution in [3.63, 3.8) is 0 Å². The van der Waals surface area contributed by atoms with E-state index >= 15 is 0 Å². The van der Waals surface area contributed by atoms with Crippen LogP contribution < -0.4 is 4.72 Å². The van der Waals surface area contributed by atoms with Crippen LogP contribution in [0.15, 0.2) is 23.9 Å². The average Bonchev–Trinajstić information content (AvgIpc) is 3.35. The number of nitrogens with one attached hydrogen (secondary N) is 1. The number of rotatable bonds is 10. The van der Waals surface area contributed by atoms with Gasteiger partial charge in [-0.3, -0.25) is 14.3 Å². The highest BCUT2D eigenvalue weighted by molar-refractivity contribution is 7.89. The van der Waals surface area contributed by atoms with Crippen LogP contribution in [0.5, 0.6) is 0 Å². The Morgan fingerprint density at radius 3 is 2.69 bits per heavy atom. The molecule has 2 aliphatic heterocycles. The zero-order valence-electron chi connectivity index (χ0n) is 18.1. The van der Waals surface area contributed by atoms with Crippen LogP contribution in [0.2, 0.25) is 4.34 Å². The van der Waals surface area contributed by atoms with E-state index in [1.807, 2.05) is 6.92 Å². The lowest BCUT2D eigenvalue weighted by Crippen LogP contribution is -2.54. The summed E-state index contributed by atoms with van der Waals surface area (Å²) in [6.45, 7) is 5.94. The topological polar surface area (TPSA) is 105 Å². The molecule has 1 aromatic rings. The minimum Gasteiger partial charge on any atom is -0.379 e. The number of sulfonamides is 1. The lowest BCUT2D eigenvalue weighted by atomic mass is 10.2. The standard InChI is InChI=1S/C20H28ClN3O6S2/c1-3-29-12-16(20(26)23-8-10-30-11-9-23)24-7-6-15(19(24)25)22-32(27,28)13-14(2)17-4-5-18(21)31-17/h4-6,14,16,22H,3,7-13H2,1-2H3/t14?,16-/m0/s1. The van der Waals surface area contributed by atoms with Gasteiger partial charge in [0.2, 0.25) is 15.9 Å². The van der Waals surface area contributed by atoms with Crippen molar-refractivity contribution in [2.75, 3.05) is 51.8 Å². The van der Waals surface area contributed by atoms with Crippen molar-refractivity contribution in [3.8, 4) is 0 Å². The van der Waals surface area contributed by atoms with E-state index in [0.717, 1.165) is 4.88 Å². The molecule has 0 saturated carbocycles. The zero-order chi connectivity index (χ0) is 23.3. The van der Waals surface area contributed by atoms with Crippen LogP contribution >= 0.6 is 22.9 Å². The summed E-state index contributed by atoms with van der Waals surface area (Å²) in [7, 11) is -3.79. The van der Waals surface area contributed by atoms with Crippen molar-refractivity contribution in [2.45, 2.75) is 25.8 Å². The van der Waals surface area contributed by atoms with Crippen LogP contribution in [-0.4, -0.2) is 87.9 Å². The second-order valence-corrected chi connectivity index (χ2v) is 11.1. The molecule has 1 aromatic heterocycles. The van der Waals surface area contributed by atoms with Crippen molar-refractivity contribution in [3.05, 3.63) is 33.1 Å². The molecule has 1 saturated heterocycles. The molecule has 2 amide bonds. The summed E-state index contributed by atoms with van der Waals surface area (Å²) in [6.07, 6.45) is 1.50. The number of ether oxygens (including phenoxy) is 2. The molecule has 0 aromatic carbocycles. The summed E-state index contributed by atoms with van der Waals surface area (Å²) in [5.74, 6) is -1.24. The van der Waals surface area contributed by atoms with Gasteiger partial charge in [-0.05, 0) is 25.1 Å². The van der Waals surface area contributed by atoms with Crippen LogP contribution in [0, 0.1) is 0 Å². The Bertz CT molecular complexity index is 958. The van der Waals surface area contributed by atoms with Crippen molar-refractivity contribution in [2.24, 2.45) is 0 Å². The van der Waals surface area contributed by atoms with E-state index < -0.39 is 22.0 Å². The molecule has 0 bridgehead atoms. The first kappa shape index (κ1) is 25.0. The number of morpholine rings is 1.